The Morgan fingerprint density at radius 2 is 1.92 bits per heavy atom. The Morgan fingerprint density at radius 1 is 1.19 bits per heavy atom. The lowest BCUT2D eigenvalue weighted by Crippen LogP contribution is -2.22. The van der Waals surface area contributed by atoms with Crippen LogP contribution in [0, 0.1) is 6.92 Å². The number of hydrogen-bond acceptors (Lipinski definition) is 5. The topological polar surface area (TPSA) is 80.9 Å². The minimum Gasteiger partial charge on any atom is -0.457 e. The smallest absolute Gasteiger partial charge is 0.374 e. The largest absolute Gasteiger partial charge is 0.457 e. The van der Waals surface area contributed by atoms with Crippen molar-refractivity contribution in [2.75, 3.05) is 0 Å². The van der Waals surface area contributed by atoms with Crippen molar-refractivity contribution in [1.82, 2.24) is 5.43 Å². The average Bonchev–Trinajstić information content (AvgIpc) is 2.97. The predicted octanol–water partition coefficient (Wildman–Crippen LogP) is 3.62. The summed E-state index contributed by atoms with van der Waals surface area (Å²) in [6.45, 7) is 5.41. The van der Waals surface area contributed by atoms with Gasteiger partial charge in [0, 0.05) is 23.1 Å². The molecule has 26 heavy (non-hydrogen) atoms. The van der Waals surface area contributed by atoms with Crippen LogP contribution in [0.1, 0.15) is 64.5 Å². The molecule has 2 aromatic rings. The summed E-state index contributed by atoms with van der Waals surface area (Å²) in [4.78, 5) is 24.4. The first-order valence-corrected chi connectivity index (χ1v) is 8.73. The number of furan rings is 1. The lowest BCUT2D eigenvalue weighted by molar-refractivity contribution is 0.0338. The van der Waals surface area contributed by atoms with E-state index in [1.54, 1.807) is 38.1 Å². The molecule has 6 heteroatoms. The van der Waals surface area contributed by atoms with Crippen LogP contribution >= 0.6 is 0 Å². The van der Waals surface area contributed by atoms with Gasteiger partial charge in [0.2, 0.25) is 5.76 Å². The molecule has 0 radical (unpaired) electrons. The van der Waals surface area contributed by atoms with Crippen LogP contribution in [0.5, 0.6) is 0 Å². The van der Waals surface area contributed by atoms with Crippen LogP contribution in [0.15, 0.2) is 39.9 Å². The second kappa shape index (κ2) is 7.56. The van der Waals surface area contributed by atoms with Crippen LogP contribution in [-0.2, 0) is 11.2 Å². The number of carbonyl (C=O) groups is 2. The van der Waals surface area contributed by atoms with Gasteiger partial charge in [-0.2, -0.15) is 5.10 Å². The van der Waals surface area contributed by atoms with E-state index in [1.165, 1.54) is 0 Å². The molecule has 1 aromatic carbocycles. The summed E-state index contributed by atoms with van der Waals surface area (Å²) < 4.78 is 11.0. The molecule has 3 rings (SSSR count). The maximum absolute atomic E-state index is 12.2. The highest BCUT2D eigenvalue weighted by Crippen LogP contribution is 2.30. The predicted molar refractivity (Wildman–Crippen MR) is 97.4 cm³/mol. The quantitative estimate of drug-likeness (QED) is 0.671. The van der Waals surface area contributed by atoms with E-state index < -0.39 is 5.97 Å². The number of nitrogens with one attached hydrogen (secondary N) is 1. The standard InChI is InChI=1S/C20H22N2O4/c1-12(2)25-20(24)18-13(3)17-15(10-7-11-16(17)26-18)21-22-19(23)14-8-5-4-6-9-14/h4-6,8-9,12H,7,10-11H2,1-3H3,(H,22,23)/b21-15+. The Balaban J connectivity index is 1.85. The molecule has 6 nitrogen and oxygen atoms in total. The van der Waals surface area contributed by atoms with Gasteiger partial charge in [-0.05, 0) is 45.7 Å². The van der Waals surface area contributed by atoms with E-state index in [1.807, 2.05) is 13.0 Å². The second-order valence-electron chi connectivity index (χ2n) is 6.53. The van der Waals surface area contributed by atoms with E-state index in [0.717, 1.165) is 29.9 Å². The van der Waals surface area contributed by atoms with E-state index in [2.05, 4.69) is 10.5 Å². The molecule has 1 aliphatic carbocycles. The van der Waals surface area contributed by atoms with Gasteiger partial charge in [-0.15, -0.1) is 0 Å². The molecule has 0 saturated carbocycles. The van der Waals surface area contributed by atoms with Crippen molar-refractivity contribution in [3.8, 4) is 0 Å². The van der Waals surface area contributed by atoms with E-state index in [4.69, 9.17) is 9.15 Å². The fourth-order valence-electron chi connectivity index (χ4n) is 3.01. The number of nitrogens with zero attached hydrogens (tertiary/aromatic N) is 1. The van der Waals surface area contributed by atoms with Gasteiger partial charge in [0.25, 0.3) is 5.91 Å². The number of esters is 1. The maximum atomic E-state index is 12.2. The highest BCUT2D eigenvalue weighted by molar-refractivity contribution is 6.06. The van der Waals surface area contributed by atoms with Crippen LogP contribution in [0.3, 0.4) is 0 Å². The molecular formula is C20H22N2O4. The third-order valence-electron chi connectivity index (χ3n) is 4.18. The Hall–Kier alpha value is -2.89. The van der Waals surface area contributed by atoms with Crippen LogP contribution in [0.2, 0.25) is 0 Å². The molecule has 0 unspecified atom stereocenters. The number of carbonyl (C=O) groups excluding carboxylic acids is 2. The lowest BCUT2D eigenvalue weighted by Gasteiger charge is -2.13. The molecule has 1 amide bonds. The third kappa shape index (κ3) is 3.69. The van der Waals surface area contributed by atoms with Crippen molar-refractivity contribution in [3.63, 3.8) is 0 Å². The van der Waals surface area contributed by atoms with Gasteiger partial charge in [-0.1, -0.05) is 18.2 Å². The monoisotopic (exact) mass is 354 g/mol. The van der Waals surface area contributed by atoms with Crippen LogP contribution in [0.25, 0.3) is 0 Å². The zero-order valence-corrected chi connectivity index (χ0v) is 15.2. The minimum absolute atomic E-state index is 0.215. The molecular weight excluding hydrogens is 332 g/mol. The number of aryl methyl sites for hydroxylation is 1. The lowest BCUT2D eigenvalue weighted by atomic mass is 9.93. The van der Waals surface area contributed by atoms with Crippen LogP contribution in [-0.4, -0.2) is 23.7 Å². The molecule has 0 bridgehead atoms. The number of rotatable bonds is 4. The summed E-state index contributed by atoms with van der Waals surface area (Å²) in [6.07, 6.45) is 2.07. The Kier molecular flexibility index (Phi) is 5.21. The normalized spacial score (nSPS) is 15.0. The first-order chi connectivity index (χ1) is 12.5. The van der Waals surface area contributed by atoms with Gasteiger partial charge in [0.05, 0.1) is 11.8 Å². The minimum atomic E-state index is -0.473. The molecule has 1 heterocycles. The number of amides is 1. The van der Waals surface area contributed by atoms with Crippen molar-refractivity contribution in [2.45, 2.75) is 46.1 Å². The molecule has 0 spiro atoms. The van der Waals surface area contributed by atoms with E-state index in [-0.39, 0.29) is 17.8 Å². The first kappa shape index (κ1) is 17.9. The molecule has 0 atom stereocenters. The second-order valence-corrected chi connectivity index (χ2v) is 6.53. The highest BCUT2D eigenvalue weighted by Gasteiger charge is 2.29. The molecule has 1 aliphatic rings. The molecule has 0 fully saturated rings. The molecule has 0 aliphatic heterocycles. The van der Waals surface area contributed by atoms with Gasteiger partial charge in [-0.3, -0.25) is 4.79 Å². The molecule has 1 N–H and O–H groups in total. The summed E-state index contributed by atoms with van der Waals surface area (Å²) in [6, 6.07) is 8.90. The van der Waals surface area contributed by atoms with Crippen molar-refractivity contribution in [1.29, 1.82) is 0 Å². The Bertz CT molecular complexity index is 850. The van der Waals surface area contributed by atoms with Gasteiger partial charge in [0.15, 0.2) is 0 Å². The summed E-state index contributed by atoms with van der Waals surface area (Å²) in [5.74, 6) is 0.190. The van der Waals surface area contributed by atoms with Crippen molar-refractivity contribution in [3.05, 3.63) is 58.5 Å². The summed E-state index contributed by atoms with van der Waals surface area (Å²) in [5, 5.41) is 4.30. The third-order valence-corrected chi connectivity index (χ3v) is 4.18. The SMILES string of the molecule is Cc1c(C(=O)OC(C)C)oc2c1/C(=N/NC(=O)c1ccccc1)CCC2. The zero-order chi connectivity index (χ0) is 18.7. The van der Waals surface area contributed by atoms with Crippen LogP contribution in [0.4, 0.5) is 0 Å². The highest BCUT2D eigenvalue weighted by atomic mass is 16.6. The fourth-order valence-corrected chi connectivity index (χ4v) is 3.01. The van der Waals surface area contributed by atoms with E-state index in [9.17, 15) is 9.59 Å². The first-order valence-electron chi connectivity index (χ1n) is 8.73. The van der Waals surface area contributed by atoms with Gasteiger partial charge >= 0.3 is 5.97 Å². The zero-order valence-electron chi connectivity index (χ0n) is 15.2. The number of hydrogen-bond donors (Lipinski definition) is 1. The number of benzene rings is 1. The van der Waals surface area contributed by atoms with Gasteiger partial charge in [-0.25, -0.2) is 10.2 Å². The van der Waals surface area contributed by atoms with Crippen LogP contribution < -0.4 is 5.43 Å². The summed E-state index contributed by atoms with van der Waals surface area (Å²) in [5.41, 5.74) is 5.37. The Morgan fingerprint density at radius 3 is 2.62 bits per heavy atom. The number of fused-ring (bicyclic) bond motifs is 1. The molecule has 1 aromatic heterocycles. The van der Waals surface area contributed by atoms with Crippen molar-refractivity contribution < 1.29 is 18.7 Å². The number of hydrazone groups is 1. The summed E-state index contributed by atoms with van der Waals surface area (Å²) >= 11 is 0. The van der Waals surface area contributed by atoms with Crippen molar-refractivity contribution >= 4 is 17.6 Å². The van der Waals surface area contributed by atoms with E-state index >= 15 is 0 Å². The average molecular weight is 354 g/mol. The number of ether oxygens (including phenoxy) is 1. The summed E-state index contributed by atoms with van der Waals surface area (Å²) in [7, 11) is 0. The Labute approximate surface area is 152 Å². The van der Waals surface area contributed by atoms with Crippen molar-refractivity contribution in [2.24, 2.45) is 5.10 Å². The molecule has 0 saturated heterocycles. The van der Waals surface area contributed by atoms with Gasteiger partial charge in [0.1, 0.15) is 5.76 Å². The van der Waals surface area contributed by atoms with E-state index in [0.29, 0.717) is 17.5 Å². The van der Waals surface area contributed by atoms with Gasteiger partial charge < -0.3 is 9.15 Å². The maximum Gasteiger partial charge on any atom is 0.374 e. The fraction of sp³-hybridized carbons (Fsp3) is 0.350. The molecule has 136 valence electrons.